The van der Waals surface area contributed by atoms with Crippen LogP contribution in [0.5, 0.6) is 5.75 Å². The molecule has 0 fully saturated rings. The normalized spacial score (nSPS) is 10.3. The number of unbranched alkanes of at least 4 members (excludes halogenated alkanes) is 1. The lowest BCUT2D eigenvalue weighted by Crippen LogP contribution is -2.02. The fraction of sp³-hybridized carbons (Fsp3) is 0.364. The summed E-state index contributed by atoms with van der Waals surface area (Å²) in [6, 6.07) is 2.34. The van der Waals surface area contributed by atoms with Gasteiger partial charge in [-0.1, -0.05) is 15.9 Å². The van der Waals surface area contributed by atoms with Gasteiger partial charge in [-0.05, 0) is 25.0 Å². The Bertz CT molecular complexity index is 410. The van der Waals surface area contributed by atoms with Crippen molar-refractivity contribution in [1.29, 1.82) is 0 Å². The first-order chi connectivity index (χ1) is 8.00. The van der Waals surface area contributed by atoms with Crippen molar-refractivity contribution in [2.75, 3.05) is 6.61 Å². The lowest BCUT2D eigenvalue weighted by Gasteiger charge is -2.07. The van der Waals surface area contributed by atoms with Gasteiger partial charge in [-0.15, -0.1) is 0 Å². The Kier molecular flexibility index (Phi) is 5.34. The Labute approximate surface area is 106 Å². The number of carboxylic acids is 1. The summed E-state index contributed by atoms with van der Waals surface area (Å²) in [5, 5.41) is 8.39. The third-order valence-corrected chi connectivity index (χ3v) is 2.46. The van der Waals surface area contributed by atoms with Crippen molar-refractivity contribution < 1.29 is 23.4 Å². The Morgan fingerprint density at radius 2 is 2.06 bits per heavy atom. The molecule has 1 aromatic rings. The van der Waals surface area contributed by atoms with Gasteiger partial charge in [0.05, 0.1) is 6.61 Å². The van der Waals surface area contributed by atoms with Crippen molar-refractivity contribution in [3.63, 3.8) is 0 Å². The van der Waals surface area contributed by atoms with Crippen LogP contribution in [0.4, 0.5) is 8.78 Å². The molecule has 0 aliphatic heterocycles. The zero-order valence-electron chi connectivity index (χ0n) is 8.88. The summed E-state index contributed by atoms with van der Waals surface area (Å²) in [6.45, 7) is 0.153. The molecule has 0 spiro atoms. The van der Waals surface area contributed by atoms with Gasteiger partial charge in [-0.2, -0.15) is 4.39 Å². The van der Waals surface area contributed by atoms with Gasteiger partial charge in [0, 0.05) is 10.9 Å². The topological polar surface area (TPSA) is 46.5 Å². The predicted molar refractivity (Wildman–Crippen MR) is 61.0 cm³/mol. The van der Waals surface area contributed by atoms with Gasteiger partial charge in [-0.25, -0.2) is 4.39 Å². The molecule has 17 heavy (non-hydrogen) atoms. The van der Waals surface area contributed by atoms with Crippen LogP contribution in [0.2, 0.25) is 0 Å². The van der Waals surface area contributed by atoms with Crippen molar-refractivity contribution in [2.45, 2.75) is 19.3 Å². The monoisotopic (exact) mass is 308 g/mol. The van der Waals surface area contributed by atoms with Crippen molar-refractivity contribution >= 4 is 21.9 Å². The average molecular weight is 309 g/mol. The zero-order chi connectivity index (χ0) is 12.8. The van der Waals surface area contributed by atoms with E-state index in [2.05, 4.69) is 15.9 Å². The minimum Gasteiger partial charge on any atom is -0.490 e. The van der Waals surface area contributed by atoms with E-state index >= 15 is 0 Å². The first-order valence-corrected chi connectivity index (χ1v) is 5.79. The largest absolute Gasteiger partial charge is 0.490 e. The Balaban J connectivity index is 2.44. The van der Waals surface area contributed by atoms with E-state index in [0.29, 0.717) is 17.3 Å². The van der Waals surface area contributed by atoms with Crippen LogP contribution < -0.4 is 4.74 Å². The lowest BCUT2D eigenvalue weighted by atomic mass is 10.2. The molecule has 1 rings (SSSR count). The molecule has 0 heterocycles. The summed E-state index contributed by atoms with van der Waals surface area (Å²) >= 11 is 3.02. The maximum Gasteiger partial charge on any atom is 0.303 e. The highest BCUT2D eigenvalue weighted by Crippen LogP contribution is 2.25. The Morgan fingerprint density at radius 1 is 1.35 bits per heavy atom. The number of hydrogen-bond acceptors (Lipinski definition) is 2. The van der Waals surface area contributed by atoms with E-state index in [1.165, 1.54) is 6.07 Å². The molecule has 0 aliphatic carbocycles. The van der Waals surface area contributed by atoms with Crippen molar-refractivity contribution in [3.8, 4) is 5.75 Å². The van der Waals surface area contributed by atoms with Crippen LogP contribution in [-0.4, -0.2) is 17.7 Å². The second-order valence-corrected chi connectivity index (χ2v) is 4.31. The lowest BCUT2D eigenvalue weighted by molar-refractivity contribution is -0.137. The second-order valence-electron chi connectivity index (χ2n) is 3.40. The maximum atomic E-state index is 13.2. The van der Waals surface area contributed by atoms with E-state index in [9.17, 15) is 13.6 Å². The summed E-state index contributed by atoms with van der Waals surface area (Å²) in [5.41, 5.74) is 0. The Morgan fingerprint density at radius 3 is 2.71 bits per heavy atom. The molecule has 6 heteroatoms. The van der Waals surface area contributed by atoms with Crippen LogP contribution in [-0.2, 0) is 4.79 Å². The number of halogens is 3. The molecule has 0 bridgehead atoms. The molecule has 94 valence electrons. The summed E-state index contributed by atoms with van der Waals surface area (Å²) in [7, 11) is 0. The maximum absolute atomic E-state index is 13.2. The fourth-order valence-corrected chi connectivity index (χ4v) is 1.61. The number of rotatable bonds is 6. The first kappa shape index (κ1) is 13.9. The van der Waals surface area contributed by atoms with Crippen LogP contribution in [0, 0.1) is 11.6 Å². The van der Waals surface area contributed by atoms with Gasteiger partial charge in [0.2, 0.25) is 5.82 Å². The molecule has 0 atom stereocenters. The standard InChI is InChI=1S/C11H11BrF2O3/c12-7-5-8(13)11(14)9(6-7)17-4-2-1-3-10(15)16/h5-6H,1-4H2,(H,15,16). The third-order valence-electron chi connectivity index (χ3n) is 2.00. The highest BCUT2D eigenvalue weighted by atomic mass is 79.9. The van der Waals surface area contributed by atoms with Gasteiger partial charge in [-0.3, -0.25) is 4.79 Å². The van der Waals surface area contributed by atoms with E-state index in [0.717, 1.165) is 6.07 Å². The highest BCUT2D eigenvalue weighted by molar-refractivity contribution is 9.10. The molecule has 1 N–H and O–H groups in total. The number of benzene rings is 1. The number of ether oxygens (including phenoxy) is 1. The zero-order valence-corrected chi connectivity index (χ0v) is 10.5. The minimum atomic E-state index is -1.04. The van der Waals surface area contributed by atoms with Gasteiger partial charge < -0.3 is 9.84 Å². The molecular formula is C11H11BrF2O3. The van der Waals surface area contributed by atoms with E-state index in [4.69, 9.17) is 9.84 Å². The van der Waals surface area contributed by atoms with Gasteiger partial charge in [0.25, 0.3) is 0 Å². The summed E-state index contributed by atoms with van der Waals surface area (Å²) in [4.78, 5) is 10.2. The fourth-order valence-electron chi connectivity index (χ4n) is 1.20. The van der Waals surface area contributed by atoms with Crippen molar-refractivity contribution in [3.05, 3.63) is 28.2 Å². The number of carbonyl (C=O) groups is 1. The second kappa shape index (κ2) is 6.54. The first-order valence-electron chi connectivity index (χ1n) is 5.00. The van der Waals surface area contributed by atoms with Crippen LogP contribution in [0.1, 0.15) is 19.3 Å². The molecule has 1 aromatic carbocycles. The van der Waals surface area contributed by atoms with Crippen molar-refractivity contribution in [1.82, 2.24) is 0 Å². The molecular weight excluding hydrogens is 298 g/mol. The molecule has 0 aliphatic rings. The SMILES string of the molecule is O=C(O)CCCCOc1cc(Br)cc(F)c1F. The van der Waals surface area contributed by atoms with Gasteiger partial charge >= 0.3 is 5.97 Å². The minimum absolute atomic E-state index is 0.0404. The van der Waals surface area contributed by atoms with Crippen LogP contribution in [0.15, 0.2) is 16.6 Å². The Hall–Kier alpha value is -1.17. The quantitative estimate of drug-likeness (QED) is 0.647. The smallest absolute Gasteiger partial charge is 0.303 e. The number of hydrogen-bond donors (Lipinski definition) is 1. The third kappa shape index (κ3) is 4.68. The summed E-state index contributed by atoms with van der Waals surface area (Å²) < 4.78 is 31.6. The predicted octanol–water partition coefficient (Wildman–Crippen LogP) is 3.36. The van der Waals surface area contributed by atoms with Crippen molar-refractivity contribution in [2.24, 2.45) is 0 Å². The highest BCUT2D eigenvalue weighted by Gasteiger charge is 2.11. The molecule has 0 unspecified atom stereocenters. The molecule has 3 nitrogen and oxygen atoms in total. The van der Waals surface area contributed by atoms with Crippen LogP contribution in [0.25, 0.3) is 0 Å². The number of aliphatic carboxylic acids is 1. The number of carboxylic acid groups (broad SMARTS) is 1. The van der Waals surface area contributed by atoms with Crippen LogP contribution in [0.3, 0.4) is 0 Å². The molecule has 0 radical (unpaired) electrons. The average Bonchev–Trinajstić information content (AvgIpc) is 2.23. The summed E-state index contributed by atoms with van der Waals surface area (Å²) in [6.07, 6.45) is 0.950. The van der Waals surface area contributed by atoms with E-state index in [-0.39, 0.29) is 18.8 Å². The molecule has 0 aromatic heterocycles. The van der Waals surface area contributed by atoms with E-state index < -0.39 is 17.6 Å². The van der Waals surface area contributed by atoms with Gasteiger partial charge in [0.1, 0.15) is 0 Å². The van der Waals surface area contributed by atoms with Crippen LogP contribution >= 0.6 is 15.9 Å². The molecule has 0 saturated heterocycles. The molecule has 0 amide bonds. The molecule has 0 saturated carbocycles. The van der Waals surface area contributed by atoms with Gasteiger partial charge in [0.15, 0.2) is 11.6 Å². The summed E-state index contributed by atoms with van der Waals surface area (Å²) in [5.74, 6) is -3.08. The van der Waals surface area contributed by atoms with E-state index in [1.54, 1.807) is 0 Å². The van der Waals surface area contributed by atoms with E-state index in [1.807, 2.05) is 0 Å².